The Balaban J connectivity index is 1.15. The predicted molar refractivity (Wildman–Crippen MR) is 149 cm³/mol. The van der Waals surface area contributed by atoms with Gasteiger partial charge >= 0.3 is 0 Å². The summed E-state index contributed by atoms with van der Waals surface area (Å²) in [7, 11) is 0. The van der Waals surface area contributed by atoms with Crippen molar-refractivity contribution >= 4 is 38.8 Å². The van der Waals surface area contributed by atoms with Gasteiger partial charge in [0.15, 0.2) is 6.61 Å². The van der Waals surface area contributed by atoms with Crippen molar-refractivity contribution in [1.29, 1.82) is 0 Å². The summed E-state index contributed by atoms with van der Waals surface area (Å²) in [5.41, 5.74) is 7.40. The molecule has 0 aliphatic heterocycles. The summed E-state index contributed by atoms with van der Waals surface area (Å²) in [6.07, 6.45) is 0. The summed E-state index contributed by atoms with van der Waals surface area (Å²) < 4.78 is 6.92. The molecule has 180 valence electrons. The van der Waals surface area contributed by atoms with Gasteiger partial charge in [0.05, 0.1) is 10.2 Å². The van der Waals surface area contributed by atoms with E-state index < -0.39 is 0 Å². The molecule has 0 spiro atoms. The average Bonchev–Trinajstić information content (AvgIpc) is 3.31. The molecule has 5 rings (SSSR count). The van der Waals surface area contributed by atoms with Crippen LogP contribution in [0.25, 0.3) is 20.8 Å². The Kier molecular flexibility index (Phi) is 6.96. The number of nitrogens with one attached hydrogen (secondary N) is 2. The number of aromatic nitrogens is 1. The first-order valence-electron chi connectivity index (χ1n) is 11.8. The number of carbonyl (C=O) groups excluding carboxylic acids is 1. The molecule has 36 heavy (non-hydrogen) atoms. The predicted octanol–water partition coefficient (Wildman–Crippen LogP) is 7.21. The Hall–Kier alpha value is -4.16. The molecule has 1 aromatic heterocycles. The molecule has 1 heterocycles. The number of benzene rings is 4. The van der Waals surface area contributed by atoms with Gasteiger partial charge in [-0.2, -0.15) is 0 Å². The smallest absolute Gasteiger partial charge is 0.262 e. The SMILES string of the molecule is Cc1ccc(NC(=O)COc2cccc(CNc3ccc(-c4nc5ccc(C)cc5s4)cc3)c2)cc1. The number of hydrogen-bond donors (Lipinski definition) is 2. The second kappa shape index (κ2) is 10.6. The number of carbonyl (C=O) groups is 1. The van der Waals surface area contributed by atoms with Gasteiger partial charge in [0.1, 0.15) is 10.8 Å². The zero-order chi connectivity index (χ0) is 24.9. The lowest BCUT2D eigenvalue weighted by atomic mass is 10.2. The van der Waals surface area contributed by atoms with Crippen molar-refractivity contribution in [1.82, 2.24) is 4.98 Å². The van der Waals surface area contributed by atoms with Crippen LogP contribution < -0.4 is 15.4 Å². The number of ether oxygens (including phenoxy) is 1. The highest BCUT2D eigenvalue weighted by Gasteiger charge is 2.07. The fourth-order valence-electron chi connectivity index (χ4n) is 3.82. The highest BCUT2D eigenvalue weighted by Crippen LogP contribution is 2.31. The van der Waals surface area contributed by atoms with Crippen molar-refractivity contribution < 1.29 is 9.53 Å². The minimum atomic E-state index is -0.189. The third kappa shape index (κ3) is 5.90. The lowest BCUT2D eigenvalue weighted by Crippen LogP contribution is -2.20. The number of thiazole rings is 1. The average molecular weight is 494 g/mol. The number of aryl methyl sites for hydroxylation is 2. The van der Waals surface area contributed by atoms with Crippen LogP contribution in [-0.2, 0) is 11.3 Å². The van der Waals surface area contributed by atoms with E-state index in [4.69, 9.17) is 9.72 Å². The topological polar surface area (TPSA) is 63.2 Å². The molecular formula is C30H27N3O2S. The van der Waals surface area contributed by atoms with Crippen LogP contribution in [-0.4, -0.2) is 17.5 Å². The maximum atomic E-state index is 12.2. The Morgan fingerprint density at radius 2 is 1.61 bits per heavy atom. The highest BCUT2D eigenvalue weighted by atomic mass is 32.1. The first kappa shape index (κ1) is 23.6. The molecule has 0 atom stereocenters. The Bertz CT molecular complexity index is 1490. The van der Waals surface area contributed by atoms with E-state index in [2.05, 4.69) is 60.0 Å². The lowest BCUT2D eigenvalue weighted by Gasteiger charge is -2.10. The molecule has 0 saturated carbocycles. The van der Waals surface area contributed by atoms with Crippen LogP contribution in [0.3, 0.4) is 0 Å². The van der Waals surface area contributed by atoms with Gasteiger partial charge in [-0.25, -0.2) is 4.98 Å². The maximum absolute atomic E-state index is 12.2. The molecule has 1 amide bonds. The second-order valence-electron chi connectivity index (χ2n) is 8.77. The number of amides is 1. The summed E-state index contributed by atoms with van der Waals surface area (Å²) in [6, 6.07) is 30.1. The minimum Gasteiger partial charge on any atom is -0.484 e. The van der Waals surface area contributed by atoms with Gasteiger partial charge in [0.2, 0.25) is 0 Å². The van der Waals surface area contributed by atoms with E-state index in [1.165, 1.54) is 10.3 Å². The largest absolute Gasteiger partial charge is 0.484 e. The van der Waals surface area contributed by atoms with E-state index in [1.54, 1.807) is 11.3 Å². The Labute approximate surface area is 214 Å². The number of fused-ring (bicyclic) bond motifs is 1. The van der Waals surface area contributed by atoms with Crippen LogP contribution in [0.15, 0.2) is 91.0 Å². The molecule has 0 fully saturated rings. The molecule has 0 aliphatic rings. The van der Waals surface area contributed by atoms with Crippen LogP contribution in [0.2, 0.25) is 0 Å². The Morgan fingerprint density at radius 3 is 2.42 bits per heavy atom. The fourth-order valence-corrected chi connectivity index (χ4v) is 4.89. The number of nitrogens with zero attached hydrogens (tertiary/aromatic N) is 1. The summed E-state index contributed by atoms with van der Waals surface area (Å²) in [5, 5.41) is 7.32. The lowest BCUT2D eigenvalue weighted by molar-refractivity contribution is -0.118. The van der Waals surface area contributed by atoms with Gasteiger partial charge in [-0.3, -0.25) is 4.79 Å². The standard InChI is InChI=1S/C30H27N3O2S/c1-20-6-11-25(12-7-20)32-29(34)19-35-26-5-3-4-22(17-26)18-31-24-13-9-23(10-14-24)30-33-27-15-8-21(2)16-28(27)36-30/h3-17,31H,18-19H2,1-2H3,(H,32,34). The maximum Gasteiger partial charge on any atom is 0.262 e. The van der Waals surface area contributed by atoms with Crippen molar-refractivity contribution in [3.05, 3.63) is 108 Å². The molecular weight excluding hydrogens is 466 g/mol. The Morgan fingerprint density at radius 1 is 0.861 bits per heavy atom. The first-order valence-corrected chi connectivity index (χ1v) is 12.6. The second-order valence-corrected chi connectivity index (χ2v) is 9.80. The van der Waals surface area contributed by atoms with Crippen LogP contribution >= 0.6 is 11.3 Å². The van der Waals surface area contributed by atoms with Crippen molar-refractivity contribution in [2.75, 3.05) is 17.2 Å². The van der Waals surface area contributed by atoms with E-state index in [0.29, 0.717) is 12.3 Å². The van der Waals surface area contributed by atoms with Crippen molar-refractivity contribution in [2.24, 2.45) is 0 Å². The number of rotatable bonds is 8. The van der Waals surface area contributed by atoms with Gasteiger partial charge in [0, 0.05) is 23.5 Å². The highest BCUT2D eigenvalue weighted by molar-refractivity contribution is 7.21. The van der Waals surface area contributed by atoms with E-state index in [1.807, 2.05) is 55.5 Å². The third-order valence-electron chi connectivity index (χ3n) is 5.78. The molecule has 0 saturated heterocycles. The van der Waals surface area contributed by atoms with E-state index in [-0.39, 0.29) is 12.5 Å². The van der Waals surface area contributed by atoms with Gasteiger partial charge < -0.3 is 15.4 Å². The van der Waals surface area contributed by atoms with E-state index in [0.717, 1.165) is 38.6 Å². The van der Waals surface area contributed by atoms with Crippen molar-refractivity contribution in [3.8, 4) is 16.3 Å². The van der Waals surface area contributed by atoms with Crippen LogP contribution in [0.5, 0.6) is 5.75 Å². The summed E-state index contributed by atoms with van der Waals surface area (Å²) in [5.74, 6) is 0.473. The summed E-state index contributed by atoms with van der Waals surface area (Å²) in [4.78, 5) is 17.0. The number of anilines is 2. The zero-order valence-corrected chi connectivity index (χ0v) is 21.1. The number of hydrogen-bond acceptors (Lipinski definition) is 5. The zero-order valence-electron chi connectivity index (χ0n) is 20.2. The minimum absolute atomic E-state index is 0.0441. The molecule has 0 radical (unpaired) electrons. The molecule has 4 aromatic carbocycles. The van der Waals surface area contributed by atoms with Gasteiger partial charge in [-0.1, -0.05) is 35.9 Å². The van der Waals surface area contributed by atoms with Gasteiger partial charge in [-0.15, -0.1) is 11.3 Å². The fraction of sp³-hybridized carbons (Fsp3) is 0.133. The monoisotopic (exact) mass is 493 g/mol. The molecule has 0 unspecified atom stereocenters. The summed E-state index contributed by atoms with van der Waals surface area (Å²) >= 11 is 1.72. The molecule has 5 nitrogen and oxygen atoms in total. The normalized spacial score (nSPS) is 10.8. The van der Waals surface area contributed by atoms with Gasteiger partial charge in [-0.05, 0) is 85.6 Å². The molecule has 5 aromatic rings. The molecule has 6 heteroatoms. The van der Waals surface area contributed by atoms with Gasteiger partial charge in [0.25, 0.3) is 5.91 Å². The van der Waals surface area contributed by atoms with Crippen LogP contribution in [0.1, 0.15) is 16.7 Å². The first-order chi connectivity index (χ1) is 17.5. The van der Waals surface area contributed by atoms with Crippen molar-refractivity contribution in [3.63, 3.8) is 0 Å². The van der Waals surface area contributed by atoms with E-state index >= 15 is 0 Å². The van der Waals surface area contributed by atoms with E-state index in [9.17, 15) is 4.79 Å². The van der Waals surface area contributed by atoms with Crippen LogP contribution in [0, 0.1) is 13.8 Å². The summed E-state index contributed by atoms with van der Waals surface area (Å²) in [6.45, 7) is 4.71. The molecule has 2 N–H and O–H groups in total. The molecule has 0 aliphatic carbocycles. The molecule has 0 bridgehead atoms. The van der Waals surface area contributed by atoms with Crippen LogP contribution in [0.4, 0.5) is 11.4 Å². The van der Waals surface area contributed by atoms with Crippen molar-refractivity contribution in [2.45, 2.75) is 20.4 Å². The quantitative estimate of drug-likeness (QED) is 0.240. The third-order valence-corrected chi connectivity index (χ3v) is 6.84.